The van der Waals surface area contributed by atoms with E-state index in [1.807, 2.05) is 0 Å². The first-order valence-electron chi connectivity index (χ1n) is 5.29. The Balaban J connectivity index is 2.45. The fourth-order valence-corrected chi connectivity index (χ4v) is 1.55. The van der Waals surface area contributed by atoms with Crippen molar-refractivity contribution in [2.24, 2.45) is 5.92 Å². The van der Waals surface area contributed by atoms with Crippen molar-refractivity contribution in [3.05, 3.63) is 34.6 Å². The summed E-state index contributed by atoms with van der Waals surface area (Å²) in [5.41, 5.74) is 0.759. The Morgan fingerprint density at radius 3 is 2.69 bits per heavy atom. The molecule has 0 aliphatic carbocycles. The molecule has 0 aliphatic rings. The van der Waals surface area contributed by atoms with Crippen LogP contribution in [-0.4, -0.2) is 11.9 Å². The molecule has 0 fully saturated rings. The van der Waals surface area contributed by atoms with Gasteiger partial charge in [-0.2, -0.15) is 0 Å². The van der Waals surface area contributed by atoms with Crippen LogP contribution in [0.25, 0.3) is 0 Å². The maximum atomic E-state index is 12.9. The first-order valence-corrected chi connectivity index (χ1v) is 6.11. The average molecular weight is 264 g/mol. The molecule has 0 saturated heterocycles. The van der Waals surface area contributed by atoms with Crippen LogP contribution in [-0.2, 0) is 6.54 Å². The molecule has 1 nitrogen and oxygen atoms in total. The second-order valence-corrected chi connectivity index (χ2v) is 5.09. The highest BCUT2D eigenvalue weighted by Gasteiger charge is 2.09. The second-order valence-electron chi connectivity index (χ2n) is 4.13. The molecule has 90 valence electrons. The zero-order valence-electron chi connectivity index (χ0n) is 9.43. The summed E-state index contributed by atoms with van der Waals surface area (Å²) >= 11 is 12.0. The third kappa shape index (κ3) is 4.28. The summed E-state index contributed by atoms with van der Waals surface area (Å²) in [7, 11) is 0. The minimum absolute atomic E-state index is 0.0762. The van der Waals surface area contributed by atoms with E-state index in [-0.39, 0.29) is 11.2 Å². The quantitative estimate of drug-likeness (QED) is 0.797. The fourth-order valence-electron chi connectivity index (χ4n) is 1.26. The van der Waals surface area contributed by atoms with Crippen molar-refractivity contribution in [1.82, 2.24) is 5.32 Å². The van der Waals surface area contributed by atoms with Gasteiger partial charge in [0.05, 0.1) is 0 Å². The van der Waals surface area contributed by atoms with E-state index in [9.17, 15) is 4.39 Å². The van der Waals surface area contributed by atoms with Gasteiger partial charge in [0.25, 0.3) is 0 Å². The maximum absolute atomic E-state index is 12.9. The van der Waals surface area contributed by atoms with Crippen molar-refractivity contribution in [3.63, 3.8) is 0 Å². The molecule has 1 unspecified atom stereocenters. The summed E-state index contributed by atoms with van der Waals surface area (Å²) in [6, 6.07) is 4.35. The van der Waals surface area contributed by atoms with E-state index in [2.05, 4.69) is 19.2 Å². The Morgan fingerprint density at radius 1 is 1.38 bits per heavy atom. The Morgan fingerprint density at radius 2 is 2.06 bits per heavy atom. The smallest absolute Gasteiger partial charge is 0.123 e. The van der Waals surface area contributed by atoms with E-state index in [0.29, 0.717) is 24.0 Å². The van der Waals surface area contributed by atoms with Gasteiger partial charge >= 0.3 is 0 Å². The number of hydrogen-bond donors (Lipinski definition) is 1. The minimum Gasteiger partial charge on any atom is -0.311 e. The molecule has 4 heteroatoms. The number of halogens is 3. The summed E-state index contributed by atoms with van der Waals surface area (Å²) in [6.45, 7) is 5.35. The number of rotatable bonds is 5. The SMILES string of the molecule is CC(C)C(Cl)CNCc1cc(F)ccc1Cl. The van der Waals surface area contributed by atoms with Gasteiger partial charge in [-0.15, -0.1) is 11.6 Å². The van der Waals surface area contributed by atoms with E-state index in [1.165, 1.54) is 12.1 Å². The van der Waals surface area contributed by atoms with Crippen LogP contribution in [0.1, 0.15) is 19.4 Å². The predicted octanol–water partition coefficient (Wildman–Crippen LogP) is 3.83. The van der Waals surface area contributed by atoms with E-state index in [0.717, 1.165) is 5.56 Å². The molecule has 1 rings (SSSR count). The minimum atomic E-state index is -0.271. The number of alkyl halides is 1. The van der Waals surface area contributed by atoms with Crippen molar-refractivity contribution < 1.29 is 4.39 Å². The van der Waals surface area contributed by atoms with Crippen LogP contribution in [0.4, 0.5) is 4.39 Å². The van der Waals surface area contributed by atoms with Gasteiger partial charge in [0.15, 0.2) is 0 Å². The molecule has 1 aromatic rings. The molecule has 1 aromatic carbocycles. The molecular weight excluding hydrogens is 248 g/mol. The van der Waals surface area contributed by atoms with Crippen molar-refractivity contribution in [2.75, 3.05) is 6.54 Å². The molecule has 0 heterocycles. The monoisotopic (exact) mass is 263 g/mol. The van der Waals surface area contributed by atoms with Gasteiger partial charge in [-0.3, -0.25) is 0 Å². The highest BCUT2D eigenvalue weighted by atomic mass is 35.5. The van der Waals surface area contributed by atoms with Gasteiger partial charge in [-0.25, -0.2) is 4.39 Å². The largest absolute Gasteiger partial charge is 0.311 e. The molecule has 0 aliphatic heterocycles. The van der Waals surface area contributed by atoms with Crippen LogP contribution in [0.15, 0.2) is 18.2 Å². The topological polar surface area (TPSA) is 12.0 Å². The van der Waals surface area contributed by atoms with Crippen LogP contribution in [0, 0.1) is 11.7 Å². The highest BCUT2D eigenvalue weighted by Crippen LogP contribution is 2.17. The molecule has 0 aromatic heterocycles. The molecule has 0 spiro atoms. The van der Waals surface area contributed by atoms with Crippen LogP contribution < -0.4 is 5.32 Å². The van der Waals surface area contributed by atoms with Crippen LogP contribution in [0.5, 0.6) is 0 Å². The third-order valence-electron chi connectivity index (χ3n) is 2.39. The number of hydrogen-bond acceptors (Lipinski definition) is 1. The summed E-state index contributed by atoms with van der Waals surface area (Å²) in [5, 5.41) is 3.82. The van der Waals surface area contributed by atoms with Gasteiger partial charge < -0.3 is 5.32 Å². The zero-order valence-corrected chi connectivity index (χ0v) is 10.9. The molecule has 0 radical (unpaired) electrons. The first kappa shape index (κ1) is 13.8. The van der Waals surface area contributed by atoms with Crippen molar-refractivity contribution in [1.29, 1.82) is 0 Å². The summed E-state index contributed by atoms with van der Waals surface area (Å²) in [6.07, 6.45) is 0. The van der Waals surface area contributed by atoms with Crippen molar-refractivity contribution >= 4 is 23.2 Å². The van der Waals surface area contributed by atoms with Gasteiger partial charge in [0.1, 0.15) is 5.82 Å². The normalized spacial score (nSPS) is 13.1. The Hall–Kier alpha value is -0.310. The Labute approximate surface area is 106 Å². The summed E-state index contributed by atoms with van der Waals surface area (Å²) in [4.78, 5) is 0. The van der Waals surface area contributed by atoms with Gasteiger partial charge in [-0.05, 0) is 29.7 Å². The lowest BCUT2D eigenvalue weighted by Gasteiger charge is -2.14. The Kier molecular flexibility index (Phi) is 5.53. The van der Waals surface area contributed by atoms with Gasteiger partial charge in [-0.1, -0.05) is 25.4 Å². The molecule has 0 bridgehead atoms. The van der Waals surface area contributed by atoms with Crippen LogP contribution in [0.3, 0.4) is 0 Å². The van der Waals surface area contributed by atoms with E-state index in [1.54, 1.807) is 6.07 Å². The van der Waals surface area contributed by atoms with Gasteiger partial charge in [0, 0.05) is 23.5 Å². The molecule has 16 heavy (non-hydrogen) atoms. The third-order valence-corrected chi connectivity index (χ3v) is 3.41. The van der Waals surface area contributed by atoms with Crippen molar-refractivity contribution in [2.45, 2.75) is 25.8 Å². The predicted molar refractivity (Wildman–Crippen MR) is 67.6 cm³/mol. The molecule has 0 amide bonds. The van der Waals surface area contributed by atoms with Crippen LogP contribution >= 0.6 is 23.2 Å². The zero-order chi connectivity index (χ0) is 12.1. The highest BCUT2D eigenvalue weighted by molar-refractivity contribution is 6.31. The lowest BCUT2D eigenvalue weighted by molar-refractivity contribution is 0.544. The second kappa shape index (κ2) is 6.43. The molecule has 1 atom stereocenters. The van der Waals surface area contributed by atoms with Gasteiger partial charge in [0.2, 0.25) is 0 Å². The average Bonchev–Trinajstić information content (AvgIpc) is 2.22. The van der Waals surface area contributed by atoms with E-state index >= 15 is 0 Å². The standard InChI is InChI=1S/C12H16Cl2FN/c1-8(2)12(14)7-16-6-9-5-10(15)3-4-11(9)13/h3-5,8,12,16H,6-7H2,1-2H3. The molecule has 1 N–H and O–H groups in total. The fraction of sp³-hybridized carbons (Fsp3) is 0.500. The number of benzene rings is 1. The van der Waals surface area contributed by atoms with Crippen molar-refractivity contribution in [3.8, 4) is 0 Å². The maximum Gasteiger partial charge on any atom is 0.123 e. The van der Waals surface area contributed by atoms with E-state index in [4.69, 9.17) is 23.2 Å². The summed E-state index contributed by atoms with van der Waals surface area (Å²) in [5.74, 6) is 0.143. The summed E-state index contributed by atoms with van der Waals surface area (Å²) < 4.78 is 12.9. The lowest BCUT2D eigenvalue weighted by Crippen LogP contribution is -2.26. The molecular formula is C12H16Cl2FN. The Bertz CT molecular complexity index is 342. The van der Waals surface area contributed by atoms with Crippen LogP contribution in [0.2, 0.25) is 5.02 Å². The number of nitrogens with one attached hydrogen (secondary N) is 1. The first-order chi connectivity index (χ1) is 7.50. The molecule has 0 saturated carbocycles. The van der Waals surface area contributed by atoms with E-state index < -0.39 is 0 Å². The lowest BCUT2D eigenvalue weighted by atomic mass is 10.1.